The third-order valence-corrected chi connectivity index (χ3v) is 13.1. The quantitative estimate of drug-likeness (QED) is 0.375. The lowest BCUT2D eigenvalue weighted by Gasteiger charge is -2.63. The summed E-state index contributed by atoms with van der Waals surface area (Å²) in [5.41, 5.74) is 0.0117. The van der Waals surface area contributed by atoms with Crippen LogP contribution in [0.1, 0.15) is 93.4 Å². The third-order valence-electron chi connectivity index (χ3n) is 12.1. The predicted molar refractivity (Wildman–Crippen MR) is 161 cm³/mol. The van der Waals surface area contributed by atoms with Crippen molar-refractivity contribution in [3.63, 3.8) is 0 Å². The maximum atomic E-state index is 14.1. The molecule has 10 atom stereocenters. The van der Waals surface area contributed by atoms with Gasteiger partial charge in [-0.25, -0.2) is 0 Å². The minimum absolute atomic E-state index is 0.00676. The zero-order valence-electron chi connectivity index (χ0n) is 27.0. The first-order chi connectivity index (χ1) is 18.8. The van der Waals surface area contributed by atoms with Gasteiger partial charge in [0.15, 0.2) is 26.0 Å². The summed E-state index contributed by atoms with van der Waals surface area (Å²) in [6.45, 7) is 21.6. The van der Waals surface area contributed by atoms with E-state index in [4.69, 9.17) is 18.7 Å². The number of oxime groups is 1. The van der Waals surface area contributed by atoms with Crippen LogP contribution < -0.4 is 0 Å². The summed E-state index contributed by atoms with van der Waals surface area (Å²) in [5.74, 6) is 0.0348. The van der Waals surface area contributed by atoms with Gasteiger partial charge in [-0.15, -0.1) is 0 Å². The Kier molecular flexibility index (Phi) is 6.75. The van der Waals surface area contributed by atoms with E-state index in [1.54, 1.807) is 0 Å². The Morgan fingerprint density at radius 1 is 1.07 bits per heavy atom. The van der Waals surface area contributed by atoms with Gasteiger partial charge in [0.1, 0.15) is 5.60 Å². The molecule has 0 unspecified atom stereocenters. The van der Waals surface area contributed by atoms with Gasteiger partial charge >= 0.3 is 0 Å². The molecular formula is C33H53NO6Si. The highest BCUT2D eigenvalue weighted by Crippen LogP contribution is 2.71. The van der Waals surface area contributed by atoms with E-state index in [0.29, 0.717) is 12.3 Å². The van der Waals surface area contributed by atoms with Gasteiger partial charge in [0.25, 0.3) is 0 Å². The highest BCUT2D eigenvalue weighted by atomic mass is 28.4. The summed E-state index contributed by atoms with van der Waals surface area (Å²) in [5, 5.41) is 16.7. The topological polar surface area (TPSA) is 86.6 Å². The van der Waals surface area contributed by atoms with Crippen LogP contribution in [0.3, 0.4) is 0 Å². The molecule has 6 aliphatic rings. The highest BCUT2D eigenvalue weighted by Gasteiger charge is 2.71. The molecule has 1 saturated heterocycles. The highest BCUT2D eigenvalue weighted by molar-refractivity contribution is 6.69. The van der Waals surface area contributed by atoms with Crippen molar-refractivity contribution in [2.45, 2.75) is 148 Å². The lowest BCUT2D eigenvalue weighted by molar-refractivity contribution is -0.173. The number of allylic oxidation sites excluding steroid dienone is 1. The Hall–Kier alpha value is -1.06. The fourth-order valence-electron chi connectivity index (χ4n) is 10.3. The Morgan fingerprint density at radius 3 is 2.39 bits per heavy atom. The monoisotopic (exact) mass is 587 g/mol. The molecule has 0 amide bonds. The van der Waals surface area contributed by atoms with Crippen LogP contribution in [-0.2, 0) is 23.5 Å². The molecule has 0 bridgehead atoms. The maximum Gasteiger partial charge on any atom is 0.184 e. The Morgan fingerprint density at radius 2 is 1.76 bits per heavy atom. The van der Waals surface area contributed by atoms with Crippen LogP contribution in [0.2, 0.25) is 19.6 Å². The molecular weight excluding hydrogens is 534 g/mol. The van der Waals surface area contributed by atoms with Gasteiger partial charge in [0, 0.05) is 17.8 Å². The van der Waals surface area contributed by atoms with E-state index in [0.717, 1.165) is 44.2 Å². The second kappa shape index (κ2) is 9.23. The van der Waals surface area contributed by atoms with Crippen LogP contribution in [-0.4, -0.2) is 60.2 Å². The van der Waals surface area contributed by atoms with Crippen LogP contribution in [0, 0.1) is 34.5 Å². The molecule has 4 fully saturated rings. The van der Waals surface area contributed by atoms with E-state index < -0.39 is 25.3 Å². The van der Waals surface area contributed by atoms with Crippen molar-refractivity contribution in [3.8, 4) is 0 Å². The van der Waals surface area contributed by atoms with Crippen molar-refractivity contribution in [2.75, 3.05) is 0 Å². The van der Waals surface area contributed by atoms with Gasteiger partial charge in [0.2, 0.25) is 0 Å². The van der Waals surface area contributed by atoms with Gasteiger partial charge in [-0.2, -0.15) is 0 Å². The summed E-state index contributed by atoms with van der Waals surface area (Å²) < 4.78 is 20.0. The van der Waals surface area contributed by atoms with Crippen molar-refractivity contribution >= 4 is 19.8 Å². The molecule has 8 heteroatoms. The van der Waals surface area contributed by atoms with Gasteiger partial charge in [-0.05, 0) is 114 Å². The molecule has 6 rings (SSSR count). The smallest absolute Gasteiger partial charge is 0.184 e. The van der Waals surface area contributed by atoms with E-state index >= 15 is 0 Å². The van der Waals surface area contributed by atoms with Crippen molar-refractivity contribution in [1.82, 2.24) is 0 Å². The van der Waals surface area contributed by atoms with Crippen molar-refractivity contribution in [2.24, 2.45) is 39.7 Å². The molecule has 2 aliphatic heterocycles. The van der Waals surface area contributed by atoms with Crippen LogP contribution in [0.5, 0.6) is 0 Å². The number of nitrogens with zero attached hydrogens (tertiary/aromatic N) is 1. The van der Waals surface area contributed by atoms with Gasteiger partial charge in [0.05, 0.1) is 23.5 Å². The Balaban J connectivity index is 1.39. The zero-order valence-corrected chi connectivity index (χ0v) is 28.0. The summed E-state index contributed by atoms with van der Waals surface area (Å²) in [6.07, 6.45) is 7.37. The standard InChI is InChI=1S/C33H53NO6Si/c1-19(2)23-17-28(39-34-23)32(7,36)27-12-14-33(40-41(8,9)10)21-15-24(35)22-16-25-26(38-29(3,4)37-25)18-30(22,5)20(21)11-13-31(27,33)6/h15,19-20,22,25-28,36H,11-14,16-18H2,1-10H3/t20-,22-,25+,26-,27-,28+,30+,31+,32+,33+/m0/s1. The number of carbonyl (C=O) groups is 1. The number of carbonyl (C=O) groups excluding carboxylic acids is 1. The molecule has 3 saturated carbocycles. The third kappa shape index (κ3) is 4.40. The molecule has 0 aromatic heterocycles. The second-order valence-electron chi connectivity index (χ2n) is 16.6. The lowest BCUT2D eigenvalue weighted by Crippen LogP contribution is -2.65. The minimum atomic E-state index is -2.07. The molecule has 1 N–H and O–H groups in total. The summed E-state index contributed by atoms with van der Waals surface area (Å²) >= 11 is 0. The Labute approximate surface area is 247 Å². The number of hydrogen-bond donors (Lipinski definition) is 1. The van der Waals surface area contributed by atoms with Crippen LogP contribution in [0.25, 0.3) is 0 Å². The minimum Gasteiger partial charge on any atom is -0.408 e. The first-order valence-corrected chi connectivity index (χ1v) is 19.5. The van der Waals surface area contributed by atoms with E-state index in [1.165, 1.54) is 5.57 Å². The average Bonchev–Trinajstić information content (AvgIpc) is 3.51. The Bertz CT molecular complexity index is 1170. The second-order valence-corrected chi connectivity index (χ2v) is 21.0. The summed E-state index contributed by atoms with van der Waals surface area (Å²) in [4.78, 5) is 20.1. The number of ether oxygens (including phenoxy) is 2. The lowest BCUT2D eigenvalue weighted by atomic mass is 9.45. The largest absolute Gasteiger partial charge is 0.408 e. The van der Waals surface area contributed by atoms with E-state index in [1.807, 2.05) is 26.8 Å². The molecule has 230 valence electrons. The number of rotatable bonds is 5. The van der Waals surface area contributed by atoms with Crippen LogP contribution in [0.15, 0.2) is 16.8 Å². The fourth-order valence-corrected chi connectivity index (χ4v) is 11.8. The first-order valence-electron chi connectivity index (χ1n) is 16.1. The average molecular weight is 588 g/mol. The number of fused-ring (bicyclic) bond motifs is 6. The van der Waals surface area contributed by atoms with Crippen molar-refractivity contribution in [3.05, 3.63) is 11.6 Å². The van der Waals surface area contributed by atoms with E-state index in [-0.39, 0.29) is 52.7 Å². The summed E-state index contributed by atoms with van der Waals surface area (Å²) in [7, 11) is -2.07. The molecule has 7 nitrogen and oxygen atoms in total. The predicted octanol–water partition coefficient (Wildman–Crippen LogP) is 6.40. The van der Waals surface area contributed by atoms with Gasteiger partial charge in [-0.1, -0.05) is 32.9 Å². The molecule has 0 spiro atoms. The summed E-state index contributed by atoms with van der Waals surface area (Å²) in [6, 6.07) is 0. The van der Waals surface area contributed by atoms with E-state index in [2.05, 4.69) is 52.5 Å². The van der Waals surface area contributed by atoms with Crippen molar-refractivity contribution < 1.29 is 28.6 Å². The molecule has 0 aromatic rings. The van der Waals surface area contributed by atoms with Gasteiger partial charge < -0.3 is 23.8 Å². The molecule has 2 heterocycles. The maximum absolute atomic E-state index is 14.1. The van der Waals surface area contributed by atoms with Crippen molar-refractivity contribution in [1.29, 1.82) is 0 Å². The SMILES string of the molecule is CC(C)C1=NO[C@@H]([C@](C)(O)[C@H]2CC[C@@]3(O[Si](C)(C)C)C4=CC(=O)[C@@H]5C[C@H]6OC(C)(C)O[C@H]6C[C@]5(C)[C@H]4CC[C@]23C)C1. The molecule has 41 heavy (non-hydrogen) atoms. The first kappa shape index (κ1) is 30.0. The number of aliphatic hydroxyl groups is 1. The zero-order chi connectivity index (χ0) is 30.0. The molecule has 0 aromatic carbocycles. The van der Waals surface area contributed by atoms with Crippen LogP contribution in [0.4, 0.5) is 0 Å². The normalized spacial score (nSPS) is 46.6. The fraction of sp³-hybridized carbons (Fsp3) is 0.879. The van der Waals surface area contributed by atoms with Gasteiger partial charge in [-0.3, -0.25) is 4.79 Å². The molecule has 4 aliphatic carbocycles. The number of ketones is 1. The van der Waals surface area contributed by atoms with Crippen LogP contribution >= 0.6 is 0 Å². The molecule has 0 radical (unpaired) electrons. The van der Waals surface area contributed by atoms with E-state index in [9.17, 15) is 9.90 Å². The number of hydrogen-bond acceptors (Lipinski definition) is 7.